The molecule has 0 aliphatic carbocycles. The zero-order chi connectivity index (χ0) is 14.5. The number of rotatable bonds is 5. The van der Waals surface area contributed by atoms with Gasteiger partial charge in [0.15, 0.2) is 11.5 Å². The molecule has 0 bridgehead atoms. The lowest BCUT2D eigenvalue weighted by Crippen LogP contribution is -2.48. The van der Waals surface area contributed by atoms with Gasteiger partial charge >= 0.3 is 0 Å². The molecule has 6 heteroatoms. The molecule has 20 heavy (non-hydrogen) atoms. The lowest BCUT2D eigenvalue weighted by Gasteiger charge is -2.34. The first-order valence-corrected chi connectivity index (χ1v) is 7.04. The zero-order valence-corrected chi connectivity index (χ0v) is 12.7. The maximum absolute atomic E-state index is 5.96. The minimum absolute atomic E-state index is 0.0630. The van der Waals surface area contributed by atoms with Gasteiger partial charge in [-0.2, -0.15) is 0 Å². The number of nitrogens with zero attached hydrogens (tertiary/aromatic N) is 1. The Bertz CT molecular complexity index is 475. The molecular weight excluding hydrogens is 274 g/mol. The molecule has 0 radical (unpaired) electrons. The largest absolute Gasteiger partial charge is 0.493 e. The fourth-order valence-electron chi connectivity index (χ4n) is 2.52. The van der Waals surface area contributed by atoms with Gasteiger partial charge in [0.1, 0.15) is 0 Å². The first-order valence-electron chi connectivity index (χ1n) is 6.63. The molecule has 1 saturated heterocycles. The summed E-state index contributed by atoms with van der Waals surface area (Å²) in [5.74, 6) is 1.40. The van der Waals surface area contributed by atoms with Crippen molar-refractivity contribution in [2.45, 2.75) is 6.04 Å². The minimum Gasteiger partial charge on any atom is -0.493 e. The first kappa shape index (κ1) is 15.0. The third kappa shape index (κ3) is 3.20. The SMILES string of the molecule is COc1ccc(C(C(N)=S)N2CCNCC2)cc1OC. The van der Waals surface area contributed by atoms with E-state index in [4.69, 9.17) is 27.4 Å². The van der Waals surface area contributed by atoms with Crippen LogP contribution in [-0.2, 0) is 0 Å². The number of thiocarbonyl (C=S) groups is 1. The highest BCUT2D eigenvalue weighted by molar-refractivity contribution is 7.80. The van der Waals surface area contributed by atoms with Crippen LogP contribution in [0.4, 0.5) is 0 Å². The second kappa shape index (κ2) is 6.88. The number of piperazine rings is 1. The van der Waals surface area contributed by atoms with Crippen LogP contribution in [0.25, 0.3) is 0 Å². The number of ether oxygens (including phenoxy) is 2. The van der Waals surface area contributed by atoms with E-state index in [1.165, 1.54) is 0 Å². The van der Waals surface area contributed by atoms with Gasteiger partial charge in [-0.15, -0.1) is 0 Å². The molecule has 1 aromatic carbocycles. The lowest BCUT2D eigenvalue weighted by atomic mass is 10.0. The Morgan fingerprint density at radius 1 is 1.25 bits per heavy atom. The van der Waals surface area contributed by atoms with E-state index in [2.05, 4.69) is 10.2 Å². The number of methoxy groups -OCH3 is 2. The monoisotopic (exact) mass is 295 g/mol. The summed E-state index contributed by atoms with van der Waals surface area (Å²) in [6.45, 7) is 3.76. The van der Waals surface area contributed by atoms with Crippen molar-refractivity contribution in [1.29, 1.82) is 0 Å². The smallest absolute Gasteiger partial charge is 0.161 e. The Morgan fingerprint density at radius 3 is 2.45 bits per heavy atom. The van der Waals surface area contributed by atoms with Gasteiger partial charge in [0.25, 0.3) is 0 Å². The summed E-state index contributed by atoms with van der Waals surface area (Å²) in [5.41, 5.74) is 7.00. The highest BCUT2D eigenvalue weighted by Gasteiger charge is 2.25. The van der Waals surface area contributed by atoms with Crippen molar-refractivity contribution >= 4 is 17.2 Å². The number of hydrogen-bond donors (Lipinski definition) is 2. The Kier molecular flexibility index (Phi) is 5.17. The second-order valence-electron chi connectivity index (χ2n) is 4.71. The van der Waals surface area contributed by atoms with Crippen LogP contribution in [0.15, 0.2) is 18.2 Å². The summed E-state index contributed by atoms with van der Waals surface area (Å²) in [4.78, 5) is 2.78. The average Bonchev–Trinajstić information content (AvgIpc) is 2.48. The predicted molar refractivity (Wildman–Crippen MR) is 83.5 cm³/mol. The summed E-state index contributed by atoms with van der Waals surface area (Å²) < 4.78 is 10.6. The highest BCUT2D eigenvalue weighted by atomic mass is 32.1. The molecule has 1 aliphatic heterocycles. The van der Waals surface area contributed by atoms with Crippen LogP contribution in [-0.4, -0.2) is 50.3 Å². The molecule has 0 saturated carbocycles. The minimum atomic E-state index is -0.0630. The van der Waals surface area contributed by atoms with Crippen molar-refractivity contribution in [3.63, 3.8) is 0 Å². The molecule has 0 aromatic heterocycles. The second-order valence-corrected chi connectivity index (χ2v) is 5.18. The normalized spacial score (nSPS) is 17.5. The topological polar surface area (TPSA) is 59.8 Å². The van der Waals surface area contributed by atoms with Gasteiger partial charge in [0.2, 0.25) is 0 Å². The third-order valence-electron chi connectivity index (χ3n) is 3.51. The summed E-state index contributed by atoms with van der Waals surface area (Å²) in [5, 5.41) is 3.33. The van der Waals surface area contributed by atoms with Crippen molar-refractivity contribution in [3.8, 4) is 11.5 Å². The number of hydrogen-bond acceptors (Lipinski definition) is 5. The Labute approximate surface area is 125 Å². The van der Waals surface area contributed by atoms with E-state index in [1.807, 2.05) is 18.2 Å². The maximum Gasteiger partial charge on any atom is 0.161 e. The zero-order valence-electron chi connectivity index (χ0n) is 11.9. The van der Waals surface area contributed by atoms with Crippen LogP contribution < -0.4 is 20.5 Å². The van der Waals surface area contributed by atoms with Gasteiger partial charge in [0, 0.05) is 26.2 Å². The Hall–Kier alpha value is -1.37. The van der Waals surface area contributed by atoms with Crippen molar-refractivity contribution in [2.24, 2.45) is 5.73 Å². The van der Waals surface area contributed by atoms with Crippen LogP contribution in [0, 0.1) is 0 Å². The fraction of sp³-hybridized carbons (Fsp3) is 0.500. The van der Waals surface area contributed by atoms with Crippen molar-refractivity contribution < 1.29 is 9.47 Å². The molecule has 3 N–H and O–H groups in total. The van der Waals surface area contributed by atoms with Gasteiger partial charge in [-0.25, -0.2) is 0 Å². The van der Waals surface area contributed by atoms with Crippen molar-refractivity contribution in [2.75, 3.05) is 40.4 Å². The van der Waals surface area contributed by atoms with Crippen LogP contribution in [0.2, 0.25) is 0 Å². The van der Waals surface area contributed by atoms with E-state index in [9.17, 15) is 0 Å². The fourth-order valence-corrected chi connectivity index (χ4v) is 2.80. The van der Waals surface area contributed by atoms with E-state index in [0.29, 0.717) is 16.5 Å². The third-order valence-corrected chi connectivity index (χ3v) is 3.73. The van der Waals surface area contributed by atoms with Crippen LogP contribution in [0.5, 0.6) is 11.5 Å². The van der Waals surface area contributed by atoms with Gasteiger partial charge in [0.05, 0.1) is 25.2 Å². The summed E-state index contributed by atoms with van der Waals surface area (Å²) in [7, 11) is 3.25. The first-order chi connectivity index (χ1) is 9.67. The van der Waals surface area contributed by atoms with E-state index >= 15 is 0 Å². The molecule has 0 spiro atoms. The van der Waals surface area contributed by atoms with Gasteiger partial charge in [-0.05, 0) is 17.7 Å². The molecular formula is C14H21N3O2S. The molecule has 1 heterocycles. The lowest BCUT2D eigenvalue weighted by molar-refractivity contribution is 0.214. The summed E-state index contributed by atoms with van der Waals surface area (Å²) in [6.07, 6.45) is 0. The molecule has 5 nitrogen and oxygen atoms in total. The summed E-state index contributed by atoms with van der Waals surface area (Å²) in [6, 6.07) is 5.77. The average molecular weight is 295 g/mol. The molecule has 1 aliphatic rings. The molecule has 1 atom stereocenters. The van der Waals surface area contributed by atoms with Crippen molar-refractivity contribution in [3.05, 3.63) is 23.8 Å². The predicted octanol–water partition coefficient (Wildman–Crippen LogP) is 0.936. The van der Waals surface area contributed by atoms with Crippen LogP contribution >= 0.6 is 12.2 Å². The number of benzene rings is 1. The molecule has 1 unspecified atom stereocenters. The van der Waals surface area contributed by atoms with E-state index in [0.717, 1.165) is 31.7 Å². The molecule has 2 rings (SSSR count). The van der Waals surface area contributed by atoms with E-state index in [1.54, 1.807) is 14.2 Å². The van der Waals surface area contributed by atoms with Crippen molar-refractivity contribution in [1.82, 2.24) is 10.2 Å². The number of nitrogens with two attached hydrogens (primary N) is 1. The molecule has 1 aromatic rings. The Morgan fingerprint density at radius 2 is 1.90 bits per heavy atom. The molecule has 0 amide bonds. The van der Waals surface area contributed by atoms with Gasteiger partial charge < -0.3 is 20.5 Å². The quantitative estimate of drug-likeness (QED) is 0.788. The Balaban J connectivity index is 2.31. The van der Waals surface area contributed by atoms with E-state index in [-0.39, 0.29) is 6.04 Å². The standard InChI is InChI=1S/C14H21N3O2S/c1-18-11-4-3-10(9-12(11)19-2)13(14(15)20)17-7-5-16-6-8-17/h3-4,9,13,16H,5-8H2,1-2H3,(H2,15,20). The molecule has 1 fully saturated rings. The number of nitrogens with one attached hydrogen (secondary N) is 1. The van der Waals surface area contributed by atoms with Gasteiger partial charge in [-0.3, -0.25) is 4.90 Å². The van der Waals surface area contributed by atoms with Gasteiger partial charge in [-0.1, -0.05) is 18.3 Å². The summed E-state index contributed by atoms with van der Waals surface area (Å²) >= 11 is 5.26. The van der Waals surface area contributed by atoms with Crippen LogP contribution in [0.1, 0.15) is 11.6 Å². The van der Waals surface area contributed by atoms with Crippen LogP contribution in [0.3, 0.4) is 0 Å². The van der Waals surface area contributed by atoms with E-state index < -0.39 is 0 Å². The highest BCUT2D eigenvalue weighted by Crippen LogP contribution is 2.32. The maximum atomic E-state index is 5.96. The molecule has 110 valence electrons.